The van der Waals surface area contributed by atoms with Gasteiger partial charge in [-0.05, 0) is 45.7 Å². The number of benzene rings is 1. The molecule has 2 unspecified atom stereocenters. The first-order chi connectivity index (χ1) is 14.0. The fourth-order valence-corrected chi connectivity index (χ4v) is 4.67. The Morgan fingerprint density at radius 1 is 1.07 bits per heavy atom. The van der Waals surface area contributed by atoms with Gasteiger partial charge in [-0.25, -0.2) is 8.42 Å². The Morgan fingerprint density at radius 2 is 1.63 bits per heavy atom. The van der Waals surface area contributed by atoms with Gasteiger partial charge in [0.1, 0.15) is 6.04 Å². The molecule has 1 fully saturated rings. The molecule has 0 aromatic heterocycles. The summed E-state index contributed by atoms with van der Waals surface area (Å²) in [4.78, 5) is 37.8. The minimum absolute atomic E-state index is 0.0756. The Labute approximate surface area is 178 Å². The number of rotatable bonds is 8. The summed E-state index contributed by atoms with van der Waals surface area (Å²) in [5.41, 5.74) is 0.385. The number of likely N-dealkylation sites (N-methyl/N-ethyl adjacent to an activating group) is 1. The van der Waals surface area contributed by atoms with Crippen molar-refractivity contribution in [1.82, 2.24) is 9.62 Å². The lowest BCUT2D eigenvalue weighted by atomic mass is 9.94. The van der Waals surface area contributed by atoms with Crippen molar-refractivity contribution in [3.8, 4) is 0 Å². The van der Waals surface area contributed by atoms with E-state index in [9.17, 15) is 22.8 Å². The van der Waals surface area contributed by atoms with Crippen LogP contribution in [0.2, 0.25) is 0 Å². The smallest absolute Gasteiger partial charge is 0.324 e. The molecule has 1 saturated carbocycles. The largest absolute Gasteiger partial charge is 0.451 e. The monoisotopic (exact) mass is 438 g/mol. The van der Waals surface area contributed by atoms with Crippen LogP contribution in [0.15, 0.2) is 29.2 Å². The maximum atomic E-state index is 12.6. The minimum Gasteiger partial charge on any atom is -0.451 e. The van der Waals surface area contributed by atoms with Crippen LogP contribution in [0.1, 0.15) is 63.2 Å². The van der Waals surface area contributed by atoms with E-state index in [0.29, 0.717) is 5.56 Å². The van der Waals surface area contributed by atoms with Crippen LogP contribution in [-0.4, -0.2) is 56.2 Å². The Morgan fingerprint density at radius 3 is 2.17 bits per heavy atom. The zero-order valence-corrected chi connectivity index (χ0v) is 18.7. The molecule has 1 aromatic rings. The Kier molecular flexibility index (Phi) is 8.14. The van der Waals surface area contributed by atoms with E-state index in [4.69, 9.17) is 4.74 Å². The van der Waals surface area contributed by atoms with Crippen LogP contribution in [0.5, 0.6) is 0 Å². The van der Waals surface area contributed by atoms with Crippen LogP contribution in [0, 0.1) is 0 Å². The normalized spacial score (nSPS) is 17.1. The van der Waals surface area contributed by atoms with Crippen LogP contribution in [-0.2, 0) is 24.3 Å². The van der Waals surface area contributed by atoms with Gasteiger partial charge in [-0.2, -0.15) is 4.72 Å². The van der Waals surface area contributed by atoms with Gasteiger partial charge in [0, 0.05) is 18.7 Å². The third kappa shape index (κ3) is 6.12. The number of ketones is 1. The highest BCUT2D eigenvalue weighted by atomic mass is 32.2. The summed E-state index contributed by atoms with van der Waals surface area (Å²) in [6.45, 7) is 4.22. The van der Waals surface area contributed by atoms with Gasteiger partial charge in [0.25, 0.3) is 5.91 Å². The summed E-state index contributed by atoms with van der Waals surface area (Å²) in [5, 5.41) is 0. The number of nitrogens with one attached hydrogen (secondary N) is 1. The molecular weight excluding hydrogens is 408 g/mol. The standard InChI is InChI=1S/C21H30N2O6S/c1-14(22-30(27,28)19-12-10-17(11-13-19)15(2)24)21(26)29-16(3)20(25)23(4)18-8-6-5-7-9-18/h10-14,16,18,22H,5-9H2,1-4H3. The van der Waals surface area contributed by atoms with Gasteiger partial charge in [0.05, 0.1) is 4.90 Å². The van der Waals surface area contributed by atoms with E-state index < -0.39 is 28.1 Å². The number of Topliss-reactive ketones (excluding diaryl/α,β-unsaturated/α-hetero) is 1. The molecule has 166 valence electrons. The van der Waals surface area contributed by atoms with Crippen molar-refractivity contribution in [1.29, 1.82) is 0 Å². The fourth-order valence-electron chi connectivity index (χ4n) is 3.48. The number of ether oxygens (including phenoxy) is 1. The Balaban J connectivity index is 1.95. The third-order valence-electron chi connectivity index (χ3n) is 5.37. The maximum absolute atomic E-state index is 12.6. The third-order valence-corrected chi connectivity index (χ3v) is 6.92. The highest BCUT2D eigenvalue weighted by Gasteiger charge is 2.30. The van der Waals surface area contributed by atoms with Gasteiger partial charge in [0.15, 0.2) is 11.9 Å². The van der Waals surface area contributed by atoms with Crippen LogP contribution in [0.3, 0.4) is 0 Å². The van der Waals surface area contributed by atoms with Crippen LogP contribution in [0.25, 0.3) is 0 Å². The van der Waals surface area contributed by atoms with Crippen molar-refractivity contribution in [3.63, 3.8) is 0 Å². The van der Waals surface area contributed by atoms with Crippen molar-refractivity contribution in [3.05, 3.63) is 29.8 Å². The quantitative estimate of drug-likeness (QED) is 0.493. The topological polar surface area (TPSA) is 110 Å². The van der Waals surface area contributed by atoms with E-state index in [1.54, 1.807) is 11.9 Å². The minimum atomic E-state index is -3.99. The zero-order chi connectivity index (χ0) is 22.5. The van der Waals surface area contributed by atoms with Gasteiger partial charge in [-0.15, -0.1) is 0 Å². The van der Waals surface area contributed by atoms with E-state index >= 15 is 0 Å². The lowest BCUT2D eigenvalue weighted by Crippen LogP contribution is -2.46. The number of amides is 1. The summed E-state index contributed by atoms with van der Waals surface area (Å²) >= 11 is 0. The number of sulfonamides is 1. The van der Waals surface area contributed by atoms with E-state index in [2.05, 4.69) is 4.72 Å². The van der Waals surface area contributed by atoms with E-state index in [0.717, 1.165) is 32.1 Å². The number of hydrogen-bond acceptors (Lipinski definition) is 6. The summed E-state index contributed by atoms with van der Waals surface area (Å²) in [6, 6.07) is 4.35. The highest BCUT2D eigenvalue weighted by molar-refractivity contribution is 7.89. The molecule has 0 aliphatic heterocycles. The molecule has 0 spiro atoms. The average molecular weight is 439 g/mol. The summed E-state index contributed by atoms with van der Waals surface area (Å²) in [7, 11) is -2.29. The van der Waals surface area contributed by atoms with Crippen molar-refractivity contribution < 1.29 is 27.5 Å². The van der Waals surface area contributed by atoms with Gasteiger partial charge in [0.2, 0.25) is 10.0 Å². The Bertz CT molecular complexity index is 875. The number of carbonyl (C=O) groups excluding carboxylic acids is 3. The summed E-state index contributed by atoms with van der Waals surface area (Å²) in [6.07, 6.45) is 4.17. The highest BCUT2D eigenvalue weighted by Crippen LogP contribution is 2.22. The average Bonchev–Trinajstić information content (AvgIpc) is 2.72. The number of esters is 1. The molecule has 2 atom stereocenters. The summed E-state index contributed by atoms with van der Waals surface area (Å²) in [5.74, 6) is -1.32. The lowest BCUT2D eigenvalue weighted by Gasteiger charge is -2.32. The van der Waals surface area contributed by atoms with Gasteiger partial charge >= 0.3 is 5.97 Å². The molecule has 0 saturated heterocycles. The number of carbonyl (C=O) groups is 3. The number of nitrogens with zero attached hydrogens (tertiary/aromatic N) is 1. The SMILES string of the molecule is CC(=O)c1ccc(S(=O)(=O)NC(C)C(=O)OC(C)C(=O)N(C)C2CCCCC2)cc1. The lowest BCUT2D eigenvalue weighted by molar-refractivity contribution is -0.160. The van der Waals surface area contributed by atoms with Crippen molar-refractivity contribution in [2.24, 2.45) is 0 Å². The van der Waals surface area contributed by atoms with Crippen molar-refractivity contribution >= 4 is 27.7 Å². The Hall–Kier alpha value is -2.26. The molecule has 8 nitrogen and oxygen atoms in total. The van der Waals surface area contributed by atoms with Gasteiger partial charge in [-0.3, -0.25) is 14.4 Å². The number of hydrogen-bond donors (Lipinski definition) is 1. The molecule has 0 heterocycles. The van der Waals surface area contributed by atoms with Crippen LogP contribution < -0.4 is 4.72 Å². The second kappa shape index (κ2) is 10.2. The first kappa shape index (κ1) is 24.0. The molecule has 1 aliphatic carbocycles. The van der Waals surface area contributed by atoms with E-state index in [1.165, 1.54) is 45.0 Å². The molecule has 1 amide bonds. The molecule has 1 aromatic carbocycles. The van der Waals surface area contributed by atoms with Gasteiger partial charge < -0.3 is 9.64 Å². The molecule has 0 radical (unpaired) electrons. The first-order valence-electron chi connectivity index (χ1n) is 10.1. The second-order valence-corrected chi connectivity index (χ2v) is 9.46. The predicted octanol–water partition coefficient (Wildman–Crippen LogP) is 2.28. The maximum Gasteiger partial charge on any atom is 0.324 e. The zero-order valence-electron chi connectivity index (χ0n) is 17.9. The first-order valence-corrected chi connectivity index (χ1v) is 11.6. The fraction of sp³-hybridized carbons (Fsp3) is 0.571. The molecule has 2 rings (SSSR count). The van der Waals surface area contributed by atoms with E-state index in [-0.39, 0.29) is 22.6 Å². The summed E-state index contributed by atoms with van der Waals surface area (Å²) < 4.78 is 32.4. The van der Waals surface area contributed by atoms with Crippen LogP contribution >= 0.6 is 0 Å². The molecular formula is C21H30N2O6S. The van der Waals surface area contributed by atoms with Crippen LogP contribution in [0.4, 0.5) is 0 Å². The van der Waals surface area contributed by atoms with Crippen molar-refractivity contribution in [2.75, 3.05) is 7.05 Å². The van der Waals surface area contributed by atoms with Gasteiger partial charge in [-0.1, -0.05) is 31.4 Å². The van der Waals surface area contributed by atoms with E-state index in [1.807, 2.05) is 0 Å². The second-order valence-electron chi connectivity index (χ2n) is 7.74. The molecule has 1 aliphatic rings. The molecule has 1 N–H and O–H groups in total. The molecule has 30 heavy (non-hydrogen) atoms. The predicted molar refractivity (Wildman–Crippen MR) is 111 cm³/mol. The van der Waals surface area contributed by atoms with Crippen molar-refractivity contribution in [2.45, 2.75) is 76.0 Å². The molecule has 9 heteroatoms. The molecule has 0 bridgehead atoms.